The van der Waals surface area contributed by atoms with Gasteiger partial charge in [0, 0.05) is 35.8 Å². The van der Waals surface area contributed by atoms with Gasteiger partial charge in [-0.15, -0.1) is 0 Å². The Morgan fingerprint density at radius 1 is 1.20 bits per heavy atom. The fraction of sp³-hybridized carbons (Fsp3) is 0.385. The SMILES string of the molecule is Cc1cc(C(C)Nc2ccccc2C(=O)O)c2oc(N3CC4(CC(C(F)(F)F)C4)C3)cc(=O)c2c1. The van der Waals surface area contributed by atoms with E-state index in [1.165, 1.54) is 12.1 Å². The van der Waals surface area contributed by atoms with Gasteiger partial charge in [0.25, 0.3) is 0 Å². The summed E-state index contributed by atoms with van der Waals surface area (Å²) in [4.78, 5) is 26.4. The molecule has 0 radical (unpaired) electrons. The van der Waals surface area contributed by atoms with E-state index in [1.807, 2.05) is 24.8 Å². The van der Waals surface area contributed by atoms with E-state index in [1.54, 1.807) is 24.3 Å². The van der Waals surface area contributed by atoms with Gasteiger partial charge in [0.05, 0.1) is 22.9 Å². The molecule has 1 saturated heterocycles. The quantitative estimate of drug-likeness (QED) is 0.478. The van der Waals surface area contributed by atoms with Crippen LogP contribution in [0.25, 0.3) is 11.0 Å². The van der Waals surface area contributed by atoms with Gasteiger partial charge in [0.1, 0.15) is 5.58 Å². The molecule has 5 rings (SSSR count). The summed E-state index contributed by atoms with van der Waals surface area (Å²) in [5, 5.41) is 13.1. The molecule has 0 bridgehead atoms. The van der Waals surface area contributed by atoms with Gasteiger partial charge in [0.2, 0.25) is 0 Å². The van der Waals surface area contributed by atoms with Crippen LogP contribution >= 0.6 is 0 Å². The highest BCUT2D eigenvalue weighted by Gasteiger charge is 2.60. The molecule has 1 spiro atoms. The minimum atomic E-state index is -4.16. The van der Waals surface area contributed by atoms with Crippen LogP contribution < -0.4 is 15.6 Å². The summed E-state index contributed by atoms with van der Waals surface area (Å²) >= 11 is 0. The Labute approximate surface area is 199 Å². The van der Waals surface area contributed by atoms with Gasteiger partial charge in [-0.25, -0.2) is 4.79 Å². The van der Waals surface area contributed by atoms with Gasteiger partial charge in [-0.2, -0.15) is 13.2 Å². The molecule has 3 aromatic rings. The Balaban J connectivity index is 1.44. The number of halogens is 3. The molecule has 2 N–H and O–H groups in total. The zero-order chi connectivity index (χ0) is 25.1. The molecular weight excluding hydrogens is 461 g/mol. The highest BCUT2D eigenvalue weighted by Crippen LogP contribution is 2.57. The van der Waals surface area contributed by atoms with Gasteiger partial charge in [0.15, 0.2) is 11.3 Å². The van der Waals surface area contributed by atoms with Crippen LogP contribution in [0.5, 0.6) is 0 Å². The number of carbonyl (C=O) groups is 1. The predicted molar refractivity (Wildman–Crippen MR) is 126 cm³/mol. The van der Waals surface area contributed by atoms with Crippen molar-refractivity contribution in [3.63, 3.8) is 0 Å². The third-order valence-electron chi connectivity index (χ3n) is 7.17. The lowest BCUT2D eigenvalue weighted by Gasteiger charge is -2.59. The van der Waals surface area contributed by atoms with Crippen molar-refractivity contribution < 1.29 is 27.5 Å². The zero-order valence-electron chi connectivity index (χ0n) is 19.3. The van der Waals surface area contributed by atoms with E-state index in [2.05, 4.69) is 5.32 Å². The maximum Gasteiger partial charge on any atom is 0.391 e. The van der Waals surface area contributed by atoms with Crippen molar-refractivity contribution in [2.45, 2.75) is 38.9 Å². The minimum Gasteiger partial charge on any atom is -0.478 e. The number of anilines is 2. The molecule has 2 heterocycles. The standard InChI is InChI=1S/C26H25F3N2O4/c1-14-7-18(15(2)30-20-6-4-3-5-17(20)24(33)34)23-19(8-14)21(32)9-22(35-23)31-12-25(13-31)10-16(11-25)26(27,28)29/h3-9,15-16,30H,10-13H2,1-2H3,(H,33,34). The number of carboxylic acid groups (broad SMARTS) is 1. The molecule has 6 nitrogen and oxygen atoms in total. The summed E-state index contributed by atoms with van der Waals surface area (Å²) in [6, 6.07) is 11.2. The van der Waals surface area contributed by atoms with Gasteiger partial charge < -0.3 is 19.7 Å². The van der Waals surface area contributed by atoms with Crippen molar-refractivity contribution in [2.24, 2.45) is 11.3 Å². The molecule has 2 aromatic carbocycles. The first-order valence-corrected chi connectivity index (χ1v) is 11.4. The number of carboxylic acids is 1. The lowest BCUT2D eigenvalue weighted by Crippen LogP contribution is -2.64. The summed E-state index contributed by atoms with van der Waals surface area (Å²) in [5.74, 6) is -1.96. The number of benzene rings is 2. The van der Waals surface area contributed by atoms with E-state index in [4.69, 9.17) is 4.42 Å². The smallest absolute Gasteiger partial charge is 0.391 e. The Kier molecular flexibility index (Phi) is 5.34. The first kappa shape index (κ1) is 23.3. The maximum atomic E-state index is 13.0. The normalized spacial score (nSPS) is 18.3. The second-order valence-electron chi connectivity index (χ2n) is 9.90. The number of hydrogen-bond donors (Lipinski definition) is 2. The molecule has 1 saturated carbocycles. The highest BCUT2D eigenvalue weighted by atomic mass is 19.4. The maximum absolute atomic E-state index is 13.0. The number of nitrogens with zero attached hydrogens (tertiary/aromatic N) is 1. The second-order valence-corrected chi connectivity index (χ2v) is 9.90. The van der Waals surface area contributed by atoms with Crippen LogP contribution in [-0.2, 0) is 0 Å². The van der Waals surface area contributed by atoms with Crippen LogP contribution in [0.4, 0.5) is 24.7 Å². The number of para-hydroxylation sites is 1. The first-order valence-electron chi connectivity index (χ1n) is 11.4. The Morgan fingerprint density at radius 2 is 1.89 bits per heavy atom. The molecule has 9 heteroatoms. The molecule has 1 aliphatic carbocycles. The Bertz CT molecular complexity index is 1370. The summed E-state index contributed by atoms with van der Waals surface area (Å²) in [5.41, 5.74) is 1.90. The molecule has 35 heavy (non-hydrogen) atoms. The monoisotopic (exact) mass is 486 g/mol. The van der Waals surface area contributed by atoms with Crippen LogP contribution in [0.2, 0.25) is 0 Å². The first-order chi connectivity index (χ1) is 16.5. The van der Waals surface area contributed by atoms with Crippen LogP contribution in [0.15, 0.2) is 51.7 Å². The molecular formula is C26H25F3N2O4. The van der Waals surface area contributed by atoms with Crippen molar-refractivity contribution in [3.05, 3.63) is 69.4 Å². The number of alkyl halides is 3. The summed E-state index contributed by atoms with van der Waals surface area (Å²) in [6.45, 7) is 4.56. The Hall–Kier alpha value is -3.49. The van der Waals surface area contributed by atoms with Crippen LogP contribution in [0.3, 0.4) is 0 Å². The molecule has 184 valence electrons. The molecule has 0 amide bonds. The molecule has 1 aliphatic heterocycles. The van der Waals surface area contributed by atoms with Gasteiger partial charge in [-0.3, -0.25) is 4.79 Å². The van der Waals surface area contributed by atoms with Crippen LogP contribution in [-0.4, -0.2) is 30.3 Å². The average Bonchev–Trinajstić information content (AvgIpc) is 2.71. The summed E-state index contributed by atoms with van der Waals surface area (Å²) in [7, 11) is 0. The molecule has 2 aliphatic rings. The number of hydrogen-bond acceptors (Lipinski definition) is 5. The molecule has 1 aromatic heterocycles. The van der Waals surface area contributed by atoms with E-state index in [0.717, 1.165) is 5.56 Å². The van der Waals surface area contributed by atoms with Gasteiger partial charge in [-0.1, -0.05) is 18.2 Å². The second kappa shape index (κ2) is 8.03. The number of fused-ring (bicyclic) bond motifs is 1. The topological polar surface area (TPSA) is 82.8 Å². The van der Waals surface area contributed by atoms with Crippen LogP contribution in [0, 0.1) is 18.3 Å². The fourth-order valence-corrected chi connectivity index (χ4v) is 5.40. The van der Waals surface area contributed by atoms with Gasteiger partial charge in [-0.05, 0) is 50.5 Å². The molecule has 1 unspecified atom stereocenters. The minimum absolute atomic E-state index is 0.110. The lowest BCUT2D eigenvalue weighted by atomic mass is 9.57. The highest BCUT2D eigenvalue weighted by molar-refractivity contribution is 5.94. The van der Waals surface area contributed by atoms with Crippen molar-refractivity contribution >= 4 is 28.5 Å². The summed E-state index contributed by atoms with van der Waals surface area (Å²) in [6.07, 6.45) is -3.94. The van der Waals surface area contributed by atoms with Crippen molar-refractivity contribution in [1.29, 1.82) is 0 Å². The summed E-state index contributed by atoms with van der Waals surface area (Å²) < 4.78 is 44.9. The average molecular weight is 486 g/mol. The van der Waals surface area contributed by atoms with Crippen molar-refractivity contribution in [3.8, 4) is 0 Å². The third kappa shape index (κ3) is 4.13. The van der Waals surface area contributed by atoms with Crippen LogP contribution in [0.1, 0.15) is 47.3 Å². The van der Waals surface area contributed by atoms with E-state index in [0.29, 0.717) is 41.2 Å². The Morgan fingerprint density at radius 3 is 2.54 bits per heavy atom. The number of aryl methyl sites for hydroxylation is 1. The predicted octanol–water partition coefficient (Wildman–Crippen LogP) is 5.75. The largest absolute Gasteiger partial charge is 0.478 e. The fourth-order valence-electron chi connectivity index (χ4n) is 5.40. The third-order valence-corrected chi connectivity index (χ3v) is 7.17. The number of rotatable bonds is 5. The van der Waals surface area contributed by atoms with E-state index < -0.39 is 24.1 Å². The lowest BCUT2D eigenvalue weighted by molar-refractivity contribution is -0.225. The van der Waals surface area contributed by atoms with E-state index >= 15 is 0 Å². The van der Waals surface area contributed by atoms with Gasteiger partial charge >= 0.3 is 12.1 Å². The number of aromatic carboxylic acids is 1. The zero-order valence-corrected chi connectivity index (χ0v) is 19.3. The van der Waals surface area contributed by atoms with E-state index in [-0.39, 0.29) is 29.2 Å². The number of nitrogens with one attached hydrogen (secondary N) is 1. The molecule has 2 fully saturated rings. The van der Waals surface area contributed by atoms with Crippen molar-refractivity contribution in [2.75, 3.05) is 23.3 Å². The van der Waals surface area contributed by atoms with Crippen molar-refractivity contribution in [1.82, 2.24) is 0 Å². The molecule has 1 atom stereocenters. The van der Waals surface area contributed by atoms with E-state index in [9.17, 15) is 27.9 Å².